The van der Waals surface area contributed by atoms with Crippen molar-refractivity contribution in [1.82, 2.24) is 0 Å². The van der Waals surface area contributed by atoms with Crippen LogP contribution in [0.15, 0.2) is 250 Å². The minimum Gasteiger partial charge on any atom is -0.456 e. The van der Waals surface area contributed by atoms with Crippen molar-refractivity contribution in [2.45, 2.75) is 39.0 Å². The average Bonchev–Trinajstić information content (AvgIpc) is 4.23. The van der Waals surface area contributed by atoms with Gasteiger partial charge in [-0.3, -0.25) is 5.41 Å². The van der Waals surface area contributed by atoms with Gasteiger partial charge in [0.1, 0.15) is 28.2 Å². The first-order valence-corrected chi connectivity index (χ1v) is 26.3. The quantitative estimate of drug-likeness (QED) is 0.123. The van der Waals surface area contributed by atoms with Gasteiger partial charge in [0.2, 0.25) is 0 Å². The van der Waals surface area contributed by atoms with Crippen LogP contribution in [0.3, 0.4) is 0 Å². The van der Waals surface area contributed by atoms with Crippen LogP contribution in [-0.2, 0) is 5.41 Å². The topological polar surface area (TPSA) is 88.5 Å². The fourth-order valence-electron chi connectivity index (χ4n) is 12.5. The van der Waals surface area contributed by atoms with Crippen molar-refractivity contribution in [2.24, 2.45) is 10.7 Å². The predicted molar refractivity (Wildman–Crippen MR) is 322 cm³/mol. The first-order valence-electron chi connectivity index (χ1n) is 26.3. The zero-order valence-electron chi connectivity index (χ0n) is 43.4. The number of rotatable bonds is 7. The third-order valence-electron chi connectivity index (χ3n) is 16.2. The van der Waals surface area contributed by atoms with Gasteiger partial charge in [-0.15, -0.1) is 0 Å². The van der Waals surface area contributed by atoms with Crippen LogP contribution in [0.5, 0.6) is 0 Å². The third kappa shape index (κ3) is 7.52. The van der Waals surface area contributed by atoms with Crippen molar-refractivity contribution in [2.75, 3.05) is 0 Å². The standard InChI is InChI=1S/C44H32O.C28H23N3O/c1-4-32-35-23-21-31(26-40(35)44(37(32)5-2)38-14-8-6-12-33(38)34-13-7-9-15-39(34)44)29-19-17-28(18-20-29)30-22-24-41-36(25-30)43-27(3)11-10-16-42(43)45-41;1-17-8-3-4-9-20(17)23-16-19(15-14-18(23)2)27(29)31-28(30)22-11-7-13-25-26(22)21-10-5-6-12-24(21)32-25/h4-6,8-12,14-26H,1-2,7,13H2,3H3;3-16H,1-2H3,(H3,29,30,31). The molecule has 0 radical (unpaired) electrons. The van der Waals surface area contributed by atoms with Crippen molar-refractivity contribution in [3.63, 3.8) is 0 Å². The molecule has 77 heavy (non-hydrogen) atoms. The Balaban J connectivity index is 0.000000156. The lowest BCUT2D eigenvalue weighted by molar-refractivity contribution is 0.668. The van der Waals surface area contributed by atoms with Crippen molar-refractivity contribution < 1.29 is 8.83 Å². The minimum atomic E-state index is -0.375. The van der Waals surface area contributed by atoms with Gasteiger partial charge in [0, 0.05) is 32.7 Å². The number of hydrogen-bond donors (Lipinski definition) is 2. The largest absolute Gasteiger partial charge is 0.456 e. The van der Waals surface area contributed by atoms with Crippen LogP contribution in [0.2, 0.25) is 0 Å². The summed E-state index contributed by atoms with van der Waals surface area (Å²) >= 11 is 0. The number of allylic oxidation sites excluding steroid dienone is 8. The number of nitrogens with two attached hydrogens (primary N) is 1. The van der Waals surface area contributed by atoms with E-state index in [0.29, 0.717) is 5.84 Å². The number of fused-ring (bicyclic) bond motifs is 12. The van der Waals surface area contributed by atoms with Crippen molar-refractivity contribution in [3.05, 3.63) is 287 Å². The molecule has 0 fully saturated rings. The molecule has 3 aliphatic carbocycles. The Morgan fingerprint density at radius 1 is 0.545 bits per heavy atom. The molecule has 11 aromatic rings. The van der Waals surface area contributed by atoms with Gasteiger partial charge < -0.3 is 14.6 Å². The van der Waals surface area contributed by atoms with Crippen LogP contribution < -0.4 is 5.73 Å². The Morgan fingerprint density at radius 3 is 1.96 bits per heavy atom. The fraction of sp³-hybridized carbons (Fsp3) is 0.0833. The molecule has 0 aliphatic heterocycles. The summed E-state index contributed by atoms with van der Waals surface area (Å²) in [5.74, 6) is 0.423. The number of amidine groups is 2. The number of para-hydroxylation sites is 1. The normalized spacial score (nSPS) is 15.5. The lowest BCUT2D eigenvalue weighted by Gasteiger charge is -2.33. The molecular formula is C72H55N3O2. The lowest BCUT2D eigenvalue weighted by Crippen LogP contribution is -2.28. The molecule has 14 rings (SSSR count). The molecule has 3 aliphatic rings. The van der Waals surface area contributed by atoms with E-state index < -0.39 is 0 Å². The highest BCUT2D eigenvalue weighted by Crippen LogP contribution is 2.63. The van der Waals surface area contributed by atoms with Gasteiger partial charge in [0.25, 0.3) is 0 Å². The van der Waals surface area contributed by atoms with Crippen molar-refractivity contribution in [3.8, 4) is 33.4 Å². The summed E-state index contributed by atoms with van der Waals surface area (Å²) in [4.78, 5) is 4.48. The highest BCUT2D eigenvalue weighted by Gasteiger charge is 2.52. The van der Waals surface area contributed by atoms with E-state index in [0.717, 1.165) is 73.8 Å². The Labute approximate surface area is 448 Å². The summed E-state index contributed by atoms with van der Waals surface area (Å²) in [6.07, 6.45) is 11.0. The van der Waals surface area contributed by atoms with Crippen LogP contribution in [-0.4, -0.2) is 11.7 Å². The van der Waals surface area contributed by atoms with Gasteiger partial charge in [-0.05, 0) is 171 Å². The van der Waals surface area contributed by atoms with Gasteiger partial charge in [0.15, 0.2) is 5.84 Å². The molecule has 0 saturated heterocycles. The number of aliphatic imine (C=N–C) groups is 1. The van der Waals surface area contributed by atoms with Gasteiger partial charge in [-0.25, -0.2) is 4.99 Å². The van der Waals surface area contributed by atoms with Gasteiger partial charge in [-0.1, -0.05) is 183 Å². The summed E-state index contributed by atoms with van der Waals surface area (Å²) in [6.45, 7) is 14.9. The number of nitrogens with one attached hydrogen (secondary N) is 1. The molecule has 1 spiro atoms. The molecule has 1 unspecified atom stereocenters. The van der Waals surface area contributed by atoms with E-state index in [2.05, 4.69) is 172 Å². The number of aryl methyl sites for hydroxylation is 3. The van der Waals surface area contributed by atoms with Crippen LogP contribution in [0.4, 0.5) is 0 Å². The molecule has 5 nitrogen and oxygen atoms in total. The molecule has 9 aromatic carbocycles. The van der Waals surface area contributed by atoms with E-state index >= 15 is 0 Å². The Morgan fingerprint density at radius 2 is 1.18 bits per heavy atom. The zero-order valence-corrected chi connectivity index (χ0v) is 43.4. The summed E-state index contributed by atoms with van der Waals surface area (Å²) < 4.78 is 12.1. The molecule has 0 saturated carbocycles. The zero-order chi connectivity index (χ0) is 52.5. The van der Waals surface area contributed by atoms with Crippen molar-refractivity contribution >= 4 is 66.7 Å². The number of furan rings is 2. The third-order valence-corrected chi connectivity index (χ3v) is 16.2. The van der Waals surface area contributed by atoms with Crippen molar-refractivity contribution in [1.29, 1.82) is 5.41 Å². The van der Waals surface area contributed by atoms with E-state index in [9.17, 15) is 0 Å². The maximum Gasteiger partial charge on any atom is 0.154 e. The molecule has 370 valence electrons. The molecule has 5 heteroatoms. The van der Waals surface area contributed by atoms with E-state index in [1.165, 1.54) is 88.7 Å². The molecular weight excluding hydrogens is 939 g/mol. The second kappa shape index (κ2) is 18.7. The van der Waals surface area contributed by atoms with Crippen LogP contribution in [0.25, 0.3) is 88.4 Å². The second-order valence-corrected chi connectivity index (χ2v) is 20.4. The summed E-state index contributed by atoms with van der Waals surface area (Å²) in [5, 5.41) is 12.9. The number of nitrogens with zero attached hydrogens (tertiary/aromatic N) is 1. The smallest absolute Gasteiger partial charge is 0.154 e. The first-order chi connectivity index (χ1) is 37.7. The minimum absolute atomic E-state index is 0.127. The molecule has 0 bridgehead atoms. The molecule has 2 aromatic heterocycles. The fourth-order valence-corrected chi connectivity index (χ4v) is 12.5. The molecule has 3 N–H and O–H groups in total. The highest BCUT2D eigenvalue weighted by molar-refractivity contribution is 6.20. The Bertz CT molecular complexity index is 4430. The SMILES string of the molecule is C=CC1=C(C=C)C2(C3=C(CCC=C3)c3ccccc32)c2cc(-c3ccc(-c4ccc5oc6cccc(C)c6c5c4)cc3)ccc21.Cc1ccccc1-c1cc(C(=N)N=C(N)c2cccc3oc4ccccc4c23)ccc1C. The average molecular weight is 994 g/mol. The molecule has 2 heterocycles. The summed E-state index contributed by atoms with van der Waals surface area (Å²) in [7, 11) is 0. The Hall–Kier alpha value is -9.58. The maximum absolute atomic E-state index is 8.64. The van der Waals surface area contributed by atoms with E-state index in [1.807, 2.05) is 78.9 Å². The monoisotopic (exact) mass is 993 g/mol. The Kier molecular flexibility index (Phi) is 11.4. The summed E-state index contributed by atoms with van der Waals surface area (Å²) in [6, 6.07) is 65.6. The van der Waals surface area contributed by atoms with Crippen LogP contribution in [0.1, 0.15) is 62.9 Å². The molecule has 0 amide bonds. The second-order valence-electron chi connectivity index (χ2n) is 20.4. The lowest BCUT2D eigenvalue weighted by atomic mass is 9.68. The molecule has 1 atom stereocenters. The predicted octanol–water partition coefficient (Wildman–Crippen LogP) is 18.4. The summed E-state index contributed by atoms with van der Waals surface area (Å²) in [5.41, 5.74) is 32.2. The first kappa shape index (κ1) is 47.2. The van der Waals surface area contributed by atoms with E-state index in [1.54, 1.807) is 0 Å². The van der Waals surface area contributed by atoms with Gasteiger partial charge >= 0.3 is 0 Å². The number of hydrogen-bond acceptors (Lipinski definition) is 3. The van der Waals surface area contributed by atoms with Gasteiger partial charge in [-0.2, -0.15) is 0 Å². The highest BCUT2D eigenvalue weighted by atomic mass is 16.3. The van der Waals surface area contributed by atoms with Crippen LogP contribution >= 0.6 is 0 Å². The van der Waals surface area contributed by atoms with Gasteiger partial charge in [0.05, 0.1) is 5.41 Å². The maximum atomic E-state index is 8.64. The van der Waals surface area contributed by atoms with E-state index in [-0.39, 0.29) is 11.3 Å². The van der Waals surface area contributed by atoms with E-state index in [4.69, 9.17) is 20.0 Å². The van der Waals surface area contributed by atoms with Crippen LogP contribution in [0, 0.1) is 26.2 Å². The number of benzene rings is 9.